The minimum absolute atomic E-state index is 0.298. The Hall–Kier alpha value is -1.02. The molecule has 0 amide bonds. The van der Waals surface area contributed by atoms with Crippen molar-refractivity contribution >= 4 is 0 Å². The first kappa shape index (κ1) is 16.0. The fourth-order valence-corrected chi connectivity index (χ4v) is 2.40. The van der Waals surface area contributed by atoms with Crippen LogP contribution in [0.15, 0.2) is 12.1 Å². The molecule has 0 saturated carbocycles. The Labute approximate surface area is 118 Å². The summed E-state index contributed by atoms with van der Waals surface area (Å²) in [5.74, 6) is 1.07. The zero-order chi connectivity index (χ0) is 14.3. The van der Waals surface area contributed by atoms with Crippen LogP contribution in [-0.4, -0.2) is 12.6 Å². The third-order valence-corrected chi connectivity index (χ3v) is 3.29. The van der Waals surface area contributed by atoms with Gasteiger partial charge in [0.1, 0.15) is 5.75 Å². The van der Waals surface area contributed by atoms with E-state index in [4.69, 9.17) is 4.74 Å². The van der Waals surface area contributed by atoms with E-state index in [1.165, 1.54) is 23.1 Å². The van der Waals surface area contributed by atoms with E-state index in [9.17, 15) is 0 Å². The minimum Gasteiger partial charge on any atom is -0.490 e. The highest BCUT2D eigenvalue weighted by Gasteiger charge is 2.10. The molecular formula is C17H29NO. The summed E-state index contributed by atoms with van der Waals surface area (Å²) >= 11 is 0. The van der Waals surface area contributed by atoms with Gasteiger partial charge in [0, 0.05) is 6.54 Å². The fourth-order valence-electron chi connectivity index (χ4n) is 2.40. The van der Waals surface area contributed by atoms with E-state index >= 15 is 0 Å². The first-order valence-corrected chi connectivity index (χ1v) is 7.55. The van der Waals surface area contributed by atoms with Crippen molar-refractivity contribution in [2.75, 3.05) is 6.54 Å². The highest BCUT2D eigenvalue weighted by Crippen LogP contribution is 2.26. The van der Waals surface area contributed by atoms with Crippen LogP contribution in [0.3, 0.4) is 0 Å². The molecule has 0 aliphatic heterocycles. The third kappa shape index (κ3) is 5.23. The van der Waals surface area contributed by atoms with E-state index < -0.39 is 0 Å². The van der Waals surface area contributed by atoms with Crippen LogP contribution >= 0.6 is 0 Å². The summed E-state index contributed by atoms with van der Waals surface area (Å²) in [6.45, 7) is 12.8. The minimum atomic E-state index is 0.298. The van der Waals surface area contributed by atoms with Crippen LogP contribution in [0.5, 0.6) is 5.75 Å². The maximum Gasteiger partial charge on any atom is 0.125 e. The van der Waals surface area contributed by atoms with Crippen LogP contribution in [0.1, 0.15) is 56.7 Å². The summed E-state index contributed by atoms with van der Waals surface area (Å²) in [5.41, 5.74) is 3.84. The van der Waals surface area contributed by atoms with Crippen molar-refractivity contribution in [3.05, 3.63) is 28.8 Å². The molecule has 0 aromatic heterocycles. The Balaban J connectivity index is 2.73. The zero-order valence-electron chi connectivity index (χ0n) is 13.2. The van der Waals surface area contributed by atoms with Crippen LogP contribution in [0.2, 0.25) is 0 Å². The molecule has 1 aromatic carbocycles. The zero-order valence-corrected chi connectivity index (χ0v) is 13.2. The second kappa shape index (κ2) is 8.21. The van der Waals surface area contributed by atoms with Gasteiger partial charge in [-0.05, 0) is 56.8 Å². The Bertz CT molecular complexity index is 364. The molecular weight excluding hydrogens is 234 g/mol. The van der Waals surface area contributed by atoms with Gasteiger partial charge in [-0.15, -0.1) is 0 Å². The van der Waals surface area contributed by atoms with Crippen molar-refractivity contribution in [2.45, 2.75) is 66.5 Å². The van der Waals surface area contributed by atoms with Gasteiger partial charge in [0.25, 0.3) is 0 Å². The van der Waals surface area contributed by atoms with Gasteiger partial charge < -0.3 is 10.1 Å². The lowest BCUT2D eigenvalue weighted by atomic mass is 10.1. The summed E-state index contributed by atoms with van der Waals surface area (Å²) in [5, 5.41) is 3.45. The molecule has 2 nitrogen and oxygen atoms in total. The first-order chi connectivity index (χ1) is 9.08. The Kier molecular flexibility index (Phi) is 6.93. The lowest BCUT2D eigenvalue weighted by Gasteiger charge is -2.19. The SMILES string of the molecule is CCCNCc1cc(C)c(OC(C)CCC)c(C)c1. The fraction of sp³-hybridized carbons (Fsp3) is 0.647. The molecule has 0 spiro atoms. The van der Waals surface area contributed by atoms with E-state index in [1.54, 1.807) is 0 Å². The van der Waals surface area contributed by atoms with Gasteiger partial charge in [-0.1, -0.05) is 32.4 Å². The number of ether oxygens (including phenoxy) is 1. The van der Waals surface area contributed by atoms with Gasteiger partial charge in [0.15, 0.2) is 0 Å². The molecule has 0 aliphatic carbocycles. The number of rotatable bonds is 8. The molecule has 1 unspecified atom stereocenters. The molecule has 1 N–H and O–H groups in total. The highest BCUT2D eigenvalue weighted by molar-refractivity contribution is 5.43. The Morgan fingerprint density at radius 3 is 2.26 bits per heavy atom. The average molecular weight is 263 g/mol. The Morgan fingerprint density at radius 2 is 1.74 bits per heavy atom. The van der Waals surface area contributed by atoms with Crippen molar-refractivity contribution in [1.29, 1.82) is 0 Å². The molecule has 108 valence electrons. The predicted octanol–water partition coefficient (Wildman–Crippen LogP) is 4.37. The summed E-state index contributed by atoms with van der Waals surface area (Å²) in [6, 6.07) is 4.48. The normalized spacial score (nSPS) is 12.5. The predicted molar refractivity (Wildman–Crippen MR) is 82.9 cm³/mol. The average Bonchev–Trinajstić information content (AvgIpc) is 2.34. The molecule has 1 aromatic rings. The van der Waals surface area contributed by atoms with Crippen molar-refractivity contribution in [3.63, 3.8) is 0 Å². The van der Waals surface area contributed by atoms with Crippen molar-refractivity contribution < 1.29 is 4.74 Å². The number of nitrogens with one attached hydrogen (secondary N) is 1. The smallest absolute Gasteiger partial charge is 0.125 e. The standard InChI is InChI=1S/C17H29NO/c1-6-8-15(5)19-17-13(3)10-16(11-14(17)4)12-18-9-7-2/h10-11,15,18H,6-9,12H2,1-5H3. The molecule has 1 rings (SSSR count). The third-order valence-electron chi connectivity index (χ3n) is 3.29. The molecule has 0 saturated heterocycles. The van der Waals surface area contributed by atoms with Gasteiger partial charge in [-0.25, -0.2) is 0 Å². The lowest BCUT2D eigenvalue weighted by Crippen LogP contribution is -2.15. The van der Waals surface area contributed by atoms with Crippen molar-refractivity contribution in [2.24, 2.45) is 0 Å². The topological polar surface area (TPSA) is 21.3 Å². The number of hydrogen-bond donors (Lipinski definition) is 1. The van der Waals surface area contributed by atoms with E-state index in [-0.39, 0.29) is 0 Å². The van der Waals surface area contributed by atoms with Crippen molar-refractivity contribution in [1.82, 2.24) is 5.32 Å². The maximum absolute atomic E-state index is 6.08. The number of benzene rings is 1. The molecule has 0 fully saturated rings. The van der Waals surface area contributed by atoms with Gasteiger partial charge in [-0.2, -0.15) is 0 Å². The second-order valence-electron chi connectivity index (χ2n) is 5.45. The molecule has 0 aliphatic rings. The van der Waals surface area contributed by atoms with E-state index in [0.717, 1.165) is 31.7 Å². The van der Waals surface area contributed by atoms with Crippen molar-refractivity contribution in [3.8, 4) is 5.75 Å². The number of aryl methyl sites for hydroxylation is 2. The largest absolute Gasteiger partial charge is 0.490 e. The quantitative estimate of drug-likeness (QED) is 0.703. The van der Waals surface area contributed by atoms with E-state index in [0.29, 0.717) is 6.10 Å². The molecule has 0 bridgehead atoms. The van der Waals surface area contributed by atoms with Crippen LogP contribution < -0.4 is 10.1 Å². The van der Waals surface area contributed by atoms with Gasteiger partial charge in [-0.3, -0.25) is 0 Å². The van der Waals surface area contributed by atoms with E-state index in [2.05, 4.69) is 52.1 Å². The van der Waals surface area contributed by atoms with Gasteiger partial charge >= 0.3 is 0 Å². The van der Waals surface area contributed by atoms with Crippen LogP contribution in [-0.2, 0) is 6.54 Å². The maximum atomic E-state index is 6.08. The summed E-state index contributed by atoms with van der Waals surface area (Å²) in [6.07, 6.45) is 3.75. The second-order valence-corrected chi connectivity index (χ2v) is 5.45. The molecule has 19 heavy (non-hydrogen) atoms. The summed E-state index contributed by atoms with van der Waals surface area (Å²) in [4.78, 5) is 0. The highest BCUT2D eigenvalue weighted by atomic mass is 16.5. The molecule has 2 heteroatoms. The monoisotopic (exact) mass is 263 g/mol. The Morgan fingerprint density at radius 1 is 1.11 bits per heavy atom. The molecule has 0 heterocycles. The lowest BCUT2D eigenvalue weighted by molar-refractivity contribution is 0.207. The summed E-state index contributed by atoms with van der Waals surface area (Å²) in [7, 11) is 0. The van der Waals surface area contributed by atoms with Crippen LogP contribution in [0.4, 0.5) is 0 Å². The van der Waals surface area contributed by atoms with Crippen LogP contribution in [0.25, 0.3) is 0 Å². The summed E-state index contributed by atoms with van der Waals surface area (Å²) < 4.78 is 6.08. The number of hydrogen-bond acceptors (Lipinski definition) is 2. The van der Waals surface area contributed by atoms with E-state index in [1.807, 2.05) is 0 Å². The first-order valence-electron chi connectivity index (χ1n) is 7.55. The molecule has 0 radical (unpaired) electrons. The van der Waals surface area contributed by atoms with Gasteiger partial charge in [0.05, 0.1) is 6.10 Å². The van der Waals surface area contributed by atoms with Gasteiger partial charge in [0.2, 0.25) is 0 Å². The van der Waals surface area contributed by atoms with Crippen LogP contribution in [0, 0.1) is 13.8 Å². The molecule has 1 atom stereocenters.